The number of benzene rings is 1. The van der Waals surface area contributed by atoms with E-state index in [9.17, 15) is 4.79 Å². The minimum atomic E-state index is -0.0559. The lowest BCUT2D eigenvalue weighted by atomic mass is 10.0. The molecule has 0 saturated heterocycles. The van der Waals surface area contributed by atoms with Gasteiger partial charge in [0.05, 0.1) is 10.6 Å². The number of carbonyl (C=O) groups is 1. The van der Waals surface area contributed by atoms with E-state index in [0.29, 0.717) is 27.2 Å². The molecular formula is C14H8ClIN2O. The van der Waals surface area contributed by atoms with Gasteiger partial charge in [0.2, 0.25) is 0 Å². The molecule has 19 heavy (non-hydrogen) atoms. The van der Waals surface area contributed by atoms with Crippen molar-refractivity contribution in [1.29, 1.82) is 0 Å². The Morgan fingerprint density at radius 3 is 2.95 bits per heavy atom. The van der Waals surface area contributed by atoms with Crippen LogP contribution in [-0.2, 0) is 0 Å². The molecule has 0 fully saturated rings. The van der Waals surface area contributed by atoms with E-state index >= 15 is 0 Å². The fourth-order valence-corrected chi connectivity index (χ4v) is 2.77. The van der Waals surface area contributed by atoms with Gasteiger partial charge in [-0.1, -0.05) is 23.7 Å². The number of fused-ring (bicyclic) bond motifs is 1. The number of rotatable bonds is 2. The molecule has 0 aliphatic heterocycles. The van der Waals surface area contributed by atoms with E-state index in [2.05, 4.69) is 32.6 Å². The van der Waals surface area contributed by atoms with Gasteiger partial charge in [-0.2, -0.15) is 0 Å². The number of halogens is 2. The van der Waals surface area contributed by atoms with Crippen LogP contribution < -0.4 is 0 Å². The number of carbonyl (C=O) groups excluding carboxylic acids is 1. The van der Waals surface area contributed by atoms with Crippen molar-refractivity contribution in [3.05, 3.63) is 62.4 Å². The summed E-state index contributed by atoms with van der Waals surface area (Å²) < 4.78 is 1.02. The van der Waals surface area contributed by atoms with Gasteiger partial charge in [-0.25, -0.2) is 4.98 Å². The zero-order valence-corrected chi connectivity index (χ0v) is 12.6. The fraction of sp³-hybridized carbons (Fsp3) is 0. The summed E-state index contributed by atoms with van der Waals surface area (Å²) in [6.07, 6.45) is 3.27. The van der Waals surface area contributed by atoms with E-state index in [1.807, 2.05) is 18.2 Å². The van der Waals surface area contributed by atoms with Gasteiger partial charge in [-0.05, 0) is 40.8 Å². The molecule has 0 aliphatic rings. The molecule has 3 nitrogen and oxygen atoms in total. The van der Waals surface area contributed by atoms with Crippen LogP contribution in [0.15, 0.2) is 42.7 Å². The molecule has 2 heterocycles. The molecule has 0 atom stereocenters. The van der Waals surface area contributed by atoms with Crippen molar-refractivity contribution in [1.82, 2.24) is 9.97 Å². The molecule has 0 bridgehead atoms. The molecule has 0 aliphatic carbocycles. The average Bonchev–Trinajstić information content (AvgIpc) is 2.83. The van der Waals surface area contributed by atoms with Crippen LogP contribution in [0.5, 0.6) is 0 Å². The van der Waals surface area contributed by atoms with Crippen LogP contribution >= 0.6 is 34.2 Å². The van der Waals surface area contributed by atoms with Gasteiger partial charge in [0.1, 0.15) is 5.65 Å². The van der Waals surface area contributed by atoms with Gasteiger partial charge in [-0.3, -0.25) is 4.79 Å². The lowest BCUT2D eigenvalue weighted by Gasteiger charge is -2.01. The number of hydrogen-bond acceptors (Lipinski definition) is 2. The summed E-state index contributed by atoms with van der Waals surface area (Å²) in [6.45, 7) is 0. The summed E-state index contributed by atoms with van der Waals surface area (Å²) in [6, 6.07) is 9.15. The van der Waals surface area contributed by atoms with Crippen LogP contribution in [0.3, 0.4) is 0 Å². The molecule has 3 rings (SSSR count). The third kappa shape index (κ3) is 2.26. The Morgan fingerprint density at radius 1 is 1.32 bits per heavy atom. The Morgan fingerprint density at radius 2 is 2.16 bits per heavy atom. The first-order chi connectivity index (χ1) is 9.16. The van der Waals surface area contributed by atoms with Gasteiger partial charge in [0.25, 0.3) is 0 Å². The van der Waals surface area contributed by atoms with Crippen molar-refractivity contribution >= 4 is 51.0 Å². The summed E-state index contributed by atoms with van der Waals surface area (Å²) in [5, 5.41) is 1.20. The zero-order chi connectivity index (χ0) is 13.4. The maximum atomic E-state index is 12.5. The highest BCUT2D eigenvalue weighted by molar-refractivity contribution is 14.1. The minimum absolute atomic E-state index is 0.0559. The van der Waals surface area contributed by atoms with Gasteiger partial charge in [0, 0.05) is 26.9 Å². The Hall–Kier alpha value is -1.40. The predicted octanol–water partition coefficient (Wildman–Crippen LogP) is 4.05. The molecule has 3 aromatic rings. The second-order valence-corrected chi connectivity index (χ2v) is 5.71. The van der Waals surface area contributed by atoms with E-state index < -0.39 is 0 Å². The summed E-state index contributed by atoms with van der Waals surface area (Å²) in [7, 11) is 0. The Labute approximate surface area is 128 Å². The molecule has 0 amide bonds. The zero-order valence-electron chi connectivity index (χ0n) is 9.65. The fourth-order valence-electron chi connectivity index (χ4n) is 1.98. The van der Waals surface area contributed by atoms with Crippen LogP contribution in [0.4, 0.5) is 0 Å². The first-order valence-corrected chi connectivity index (χ1v) is 7.04. The minimum Gasteiger partial charge on any atom is -0.345 e. The van der Waals surface area contributed by atoms with Gasteiger partial charge in [-0.15, -0.1) is 0 Å². The topological polar surface area (TPSA) is 45.8 Å². The van der Waals surface area contributed by atoms with E-state index in [0.717, 1.165) is 3.57 Å². The highest BCUT2D eigenvalue weighted by Crippen LogP contribution is 2.27. The molecule has 2 aromatic heterocycles. The average molecular weight is 383 g/mol. The lowest BCUT2D eigenvalue weighted by Crippen LogP contribution is -2.00. The standard InChI is InChI=1S/C14H8ClIN2O/c15-11-4-5-17-14-12(11)10(7-18-14)13(19)8-2-1-3-9(16)6-8/h1-7H,(H,17,18). The summed E-state index contributed by atoms with van der Waals surface area (Å²) in [5.74, 6) is -0.0559. The number of aromatic nitrogens is 2. The van der Waals surface area contributed by atoms with E-state index in [1.54, 1.807) is 24.5 Å². The largest absolute Gasteiger partial charge is 0.345 e. The number of nitrogens with zero attached hydrogens (tertiary/aromatic N) is 1. The monoisotopic (exact) mass is 382 g/mol. The maximum absolute atomic E-state index is 12.5. The van der Waals surface area contributed by atoms with Gasteiger partial charge >= 0.3 is 0 Å². The predicted molar refractivity (Wildman–Crippen MR) is 83.7 cm³/mol. The number of pyridine rings is 1. The van der Waals surface area contributed by atoms with Crippen LogP contribution in [0, 0.1) is 3.57 Å². The van der Waals surface area contributed by atoms with Crippen molar-refractivity contribution in [3.63, 3.8) is 0 Å². The number of ketones is 1. The third-order valence-corrected chi connectivity index (χ3v) is 3.84. The van der Waals surface area contributed by atoms with Gasteiger partial charge in [0.15, 0.2) is 5.78 Å². The molecule has 0 saturated carbocycles. The first kappa shape index (κ1) is 12.6. The van der Waals surface area contributed by atoms with Crippen molar-refractivity contribution in [2.45, 2.75) is 0 Å². The Kier molecular flexibility index (Phi) is 3.28. The summed E-state index contributed by atoms with van der Waals surface area (Å²) >= 11 is 8.34. The molecule has 0 unspecified atom stereocenters. The number of hydrogen-bond donors (Lipinski definition) is 1. The number of H-pyrrole nitrogens is 1. The number of nitrogens with one attached hydrogen (secondary N) is 1. The van der Waals surface area contributed by atoms with Crippen molar-refractivity contribution in [2.24, 2.45) is 0 Å². The SMILES string of the molecule is O=C(c1cccc(I)c1)c1c[nH]c2nccc(Cl)c12. The normalized spacial score (nSPS) is 10.8. The smallest absolute Gasteiger partial charge is 0.195 e. The molecule has 1 aromatic carbocycles. The second kappa shape index (κ2) is 4.94. The van der Waals surface area contributed by atoms with Crippen LogP contribution in [-0.4, -0.2) is 15.8 Å². The maximum Gasteiger partial charge on any atom is 0.195 e. The van der Waals surface area contributed by atoms with E-state index in [4.69, 9.17) is 11.6 Å². The van der Waals surface area contributed by atoms with Gasteiger partial charge < -0.3 is 4.98 Å². The highest BCUT2D eigenvalue weighted by atomic mass is 127. The third-order valence-electron chi connectivity index (χ3n) is 2.85. The summed E-state index contributed by atoms with van der Waals surface area (Å²) in [4.78, 5) is 19.7. The summed E-state index contributed by atoms with van der Waals surface area (Å²) in [5.41, 5.74) is 1.82. The van der Waals surface area contributed by atoms with Crippen LogP contribution in [0.25, 0.3) is 11.0 Å². The van der Waals surface area contributed by atoms with Crippen molar-refractivity contribution in [2.75, 3.05) is 0 Å². The van der Waals surface area contributed by atoms with E-state index in [-0.39, 0.29) is 5.78 Å². The quantitative estimate of drug-likeness (QED) is 0.537. The highest BCUT2D eigenvalue weighted by Gasteiger charge is 2.16. The Bertz CT molecular complexity index is 782. The molecule has 0 radical (unpaired) electrons. The molecular weight excluding hydrogens is 375 g/mol. The molecule has 1 N–H and O–H groups in total. The number of aromatic amines is 1. The lowest BCUT2D eigenvalue weighted by molar-refractivity contribution is 0.104. The van der Waals surface area contributed by atoms with Crippen LogP contribution in [0.1, 0.15) is 15.9 Å². The van der Waals surface area contributed by atoms with Crippen molar-refractivity contribution < 1.29 is 4.79 Å². The Balaban J connectivity index is 2.17. The first-order valence-electron chi connectivity index (χ1n) is 5.58. The molecule has 0 spiro atoms. The van der Waals surface area contributed by atoms with Crippen molar-refractivity contribution in [3.8, 4) is 0 Å². The molecule has 5 heteroatoms. The van der Waals surface area contributed by atoms with E-state index in [1.165, 1.54) is 0 Å². The molecule has 94 valence electrons. The second-order valence-electron chi connectivity index (χ2n) is 4.06. The van der Waals surface area contributed by atoms with Crippen LogP contribution in [0.2, 0.25) is 5.02 Å².